The average molecular weight is 1050 g/mol. The Bertz CT molecular complexity index is 3300. The number of aromatic nitrogens is 4. The minimum absolute atomic E-state index is 0. The molecule has 0 atom stereocenters. The standard InChI is InChI=1S/C44H30N4O12S4.Sn/c49-61(50,51)29-9-1-25(2-10-29)41-33-17-19-35(45-33)42(26-3-11-30(12-4-26)62(52,53)54)37-21-23-39(47-37)44(28-7-15-32(16-8-28)64(58,59)60)40-24-22-38(48-40)43(36-20-18-34(41)46-36)27-5-13-31(14-6-27)63(55,56)57;/h1-24,45,48H,(H,49,50,51)(H,52,53,54)(H,55,56,57)(H,58,59,60);/q;+4/p-4. The van der Waals surface area contributed by atoms with E-state index in [0.717, 1.165) is 0 Å². The molecular weight excluding hydrogens is 1020 g/mol. The van der Waals surface area contributed by atoms with E-state index in [4.69, 9.17) is 9.97 Å². The van der Waals surface area contributed by atoms with E-state index in [1.807, 2.05) is 0 Å². The van der Waals surface area contributed by atoms with Crippen molar-refractivity contribution in [2.75, 3.05) is 0 Å². The predicted molar refractivity (Wildman–Crippen MR) is 238 cm³/mol. The van der Waals surface area contributed by atoms with Crippen LogP contribution < -0.4 is 0 Å². The molecule has 21 heteroatoms. The first-order chi connectivity index (χ1) is 30.2. The summed E-state index contributed by atoms with van der Waals surface area (Å²) < 4.78 is 143. The van der Waals surface area contributed by atoms with Gasteiger partial charge in [-0.3, -0.25) is 0 Å². The van der Waals surface area contributed by atoms with Crippen molar-refractivity contribution < 1.29 is 51.9 Å². The zero-order valence-corrected chi connectivity index (χ0v) is 38.9. The van der Waals surface area contributed by atoms with E-state index < -0.39 is 60.1 Å². The average Bonchev–Trinajstić information content (AvgIpc) is 4.08. The third-order valence-electron chi connectivity index (χ3n) is 10.5. The molecule has 9 rings (SSSR count). The number of aromatic amines is 2. The van der Waals surface area contributed by atoms with Gasteiger partial charge in [-0.25, -0.2) is 43.6 Å². The largest absolute Gasteiger partial charge is 4.00 e. The van der Waals surface area contributed by atoms with Crippen LogP contribution in [0.3, 0.4) is 0 Å². The van der Waals surface area contributed by atoms with E-state index in [2.05, 4.69) is 9.97 Å². The molecule has 0 saturated heterocycles. The Morgan fingerprint density at radius 3 is 0.662 bits per heavy atom. The van der Waals surface area contributed by atoms with Crippen LogP contribution in [0.2, 0.25) is 0 Å². The Morgan fingerprint density at radius 1 is 0.308 bits per heavy atom. The number of nitrogens with one attached hydrogen (secondary N) is 2. The number of fused-ring (bicyclic) bond motifs is 8. The van der Waals surface area contributed by atoms with Crippen molar-refractivity contribution in [2.45, 2.75) is 19.6 Å². The normalized spacial score (nSPS) is 12.9. The molecule has 8 bridgehead atoms. The summed E-state index contributed by atoms with van der Waals surface area (Å²) in [5.74, 6) is 0. The third kappa shape index (κ3) is 8.99. The minimum atomic E-state index is -4.81. The van der Waals surface area contributed by atoms with Gasteiger partial charge in [-0.1, -0.05) is 48.5 Å². The van der Waals surface area contributed by atoms with Gasteiger partial charge in [-0.2, -0.15) is 0 Å². The fourth-order valence-corrected chi connectivity index (χ4v) is 9.45. The number of hydrogen-bond donors (Lipinski definition) is 2. The van der Waals surface area contributed by atoms with Gasteiger partial charge in [0, 0.05) is 44.3 Å². The summed E-state index contributed by atoms with van der Waals surface area (Å²) in [6.07, 6.45) is 6.79. The number of H-pyrrole nitrogens is 2. The van der Waals surface area contributed by atoms with Gasteiger partial charge in [-0.05, 0) is 119 Å². The van der Waals surface area contributed by atoms with E-state index in [9.17, 15) is 51.9 Å². The second-order valence-electron chi connectivity index (χ2n) is 14.4. The van der Waals surface area contributed by atoms with E-state index in [1.54, 1.807) is 48.6 Å². The van der Waals surface area contributed by atoms with Crippen LogP contribution in [0.4, 0.5) is 0 Å². The SMILES string of the molecule is O=S(=O)([O-])c1ccc(-c2c3nc(c(-c4ccc(S(=O)(=O)[O-])cc4)c4ccc([nH]4)c(-c4ccc(S(=O)(=O)[O-])cc4)c4nc(c(-c5ccc(S(=O)(=O)[O-])cc5)c5ccc2[nH]5)C=C4)C=C3)cc1.[Sn+4]. The molecule has 2 N–H and O–H groups in total. The first-order valence-electron chi connectivity index (χ1n) is 18.6. The molecule has 2 aliphatic heterocycles. The maximum atomic E-state index is 11.9. The molecule has 16 nitrogen and oxygen atoms in total. The summed E-state index contributed by atoms with van der Waals surface area (Å²) in [5, 5.41) is 0. The molecule has 4 aromatic carbocycles. The zero-order chi connectivity index (χ0) is 45.3. The van der Waals surface area contributed by atoms with Crippen molar-refractivity contribution in [1.82, 2.24) is 19.9 Å². The van der Waals surface area contributed by atoms with E-state index in [0.29, 0.717) is 89.4 Å². The summed E-state index contributed by atoms with van der Waals surface area (Å²) in [4.78, 5) is 15.0. The van der Waals surface area contributed by atoms with Gasteiger partial charge in [-0.15, -0.1) is 0 Å². The fourth-order valence-electron chi connectivity index (χ4n) is 7.57. The number of hydrogen-bond acceptors (Lipinski definition) is 14. The molecular formula is C44H26N4O12S4Sn. The molecule has 0 amide bonds. The van der Waals surface area contributed by atoms with Crippen molar-refractivity contribution in [3.8, 4) is 44.5 Å². The van der Waals surface area contributed by atoms with Crippen LogP contribution in [-0.2, 0) is 40.5 Å². The Morgan fingerprint density at radius 2 is 0.492 bits per heavy atom. The molecule has 7 aromatic rings. The van der Waals surface area contributed by atoms with Crippen molar-refractivity contribution in [1.29, 1.82) is 0 Å². The van der Waals surface area contributed by atoms with Gasteiger partial charge in [0.05, 0.1) is 42.4 Å². The molecule has 322 valence electrons. The molecule has 65 heavy (non-hydrogen) atoms. The van der Waals surface area contributed by atoms with Crippen molar-refractivity contribution in [2.24, 2.45) is 0 Å². The van der Waals surface area contributed by atoms with Gasteiger partial charge in [0.25, 0.3) is 0 Å². The van der Waals surface area contributed by atoms with Crippen LogP contribution in [0.25, 0.3) is 90.9 Å². The first-order valence-corrected chi connectivity index (χ1v) is 24.3. The van der Waals surface area contributed by atoms with Crippen LogP contribution >= 0.6 is 0 Å². The fraction of sp³-hybridized carbons (Fsp3) is 0. The topological polar surface area (TPSA) is 286 Å². The molecule has 0 unspecified atom stereocenters. The zero-order valence-electron chi connectivity index (χ0n) is 32.8. The molecule has 5 heterocycles. The second-order valence-corrected chi connectivity index (χ2v) is 19.9. The third-order valence-corrected chi connectivity index (χ3v) is 13.9. The smallest absolute Gasteiger partial charge is 0.744 e. The Kier molecular flexibility index (Phi) is 11.7. The second kappa shape index (κ2) is 16.7. The summed E-state index contributed by atoms with van der Waals surface area (Å²) in [5.41, 5.74) is 6.76. The van der Waals surface area contributed by atoms with Crippen LogP contribution in [0.15, 0.2) is 141 Å². The van der Waals surface area contributed by atoms with Gasteiger partial charge < -0.3 is 28.2 Å². The Balaban J connectivity index is 0.00000576. The number of benzene rings is 4. The van der Waals surface area contributed by atoms with Gasteiger partial charge in [0.15, 0.2) is 0 Å². The van der Waals surface area contributed by atoms with Crippen LogP contribution in [0.5, 0.6) is 0 Å². The molecule has 2 aliphatic rings. The molecule has 3 aromatic heterocycles. The van der Waals surface area contributed by atoms with E-state index in [-0.39, 0.29) is 23.9 Å². The molecule has 0 radical (unpaired) electrons. The maximum absolute atomic E-state index is 11.9. The quantitative estimate of drug-likeness (QED) is 0.120. The van der Waals surface area contributed by atoms with E-state index >= 15 is 0 Å². The summed E-state index contributed by atoms with van der Waals surface area (Å²) in [6, 6.07) is 27.8. The Labute approximate surface area is 388 Å². The minimum Gasteiger partial charge on any atom is -0.744 e. The summed E-state index contributed by atoms with van der Waals surface area (Å²) in [7, 11) is -19.2. The Hall–Kier alpha value is -6.08. The molecule has 0 fully saturated rings. The van der Waals surface area contributed by atoms with Crippen molar-refractivity contribution in [3.05, 3.63) is 144 Å². The maximum Gasteiger partial charge on any atom is 4.00 e. The molecule has 0 saturated carbocycles. The molecule has 0 spiro atoms. The summed E-state index contributed by atoms with van der Waals surface area (Å²) >= 11 is 0. The molecule has 0 aliphatic carbocycles. The predicted octanol–water partition coefficient (Wildman–Crippen LogP) is 6.56. The van der Waals surface area contributed by atoms with Crippen LogP contribution in [0, 0.1) is 0 Å². The van der Waals surface area contributed by atoms with Crippen molar-refractivity contribution in [3.63, 3.8) is 0 Å². The van der Waals surface area contributed by atoms with Gasteiger partial charge in [0.2, 0.25) is 0 Å². The van der Waals surface area contributed by atoms with Crippen molar-refractivity contribution >= 4 is 111 Å². The number of rotatable bonds is 8. The van der Waals surface area contributed by atoms with E-state index in [1.165, 1.54) is 97.1 Å². The van der Waals surface area contributed by atoms with Gasteiger partial charge in [0.1, 0.15) is 40.5 Å². The van der Waals surface area contributed by atoms with Crippen LogP contribution in [0.1, 0.15) is 22.8 Å². The summed E-state index contributed by atoms with van der Waals surface area (Å²) in [6.45, 7) is 0. The van der Waals surface area contributed by atoms with Crippen LogP contribution in [-0.4, -0.2) is 95.7 Å². The van der Waals surface area contributed by atoms with Gasteiger partial charge >= 0.3 is 23.9 Å². The monoisotopic (exact) mass is 1050 g/mol. The first kappa shape index (κ1) is 45.5. The number of nitrogens with zero attached hydrogens (tertiary/aromatic N) is 2.